The number of aromatic nitrogens is 2. The zero-order chi connectivity index (χ0) is 28.2. The highest BCUT2D eigenvalue weighted by Crippen LogP contribution is 2.33. The molecule has 0 fully saturated rings. The second-order valence-electron chi connectivity index (χ2n) is 8.97. The summed E-state index contributed by atoms with van der Waals surface area (Å²) in [6.45, 7) is 15.1. The first-order chi connectivity index (χ1) is 17.3. The Balaban J connectivity index is 0.00000334. The fourth-order valence-electron chi connectivity index (χ4n) is 3.39. The minimum Gasteiger partial charge on any atom is -0.460 e. The lowest BCUT2D eigenvalue weighted by Gasteiger charge is -2.20. The maximum Gasteiger partial charge on any atom is 0.573 e. The standard InChI is InChI=1S/C26H31F3N2O3S.C2H6/c1-7-16-35-24-17(3)22(19-12-14-20(15-13-19)33-26(27,28)29)30-23(31-24)18(8-2)10-9-11-21(32)34-25(4,5)6;1-2/h12-15,18H,8-11H2,1-6H3;1-2H3. The predicted octanol–water partition coefficient (Wildman–Crippen LogP) is 8.46. The van der Waals surface area contributed by atoms with Gasteiger partial charge >= 0.3 is 12.3 Å². The highest BCUT2D eigenvalue weighted by Gasteiger charge is 2.31. The van der Waals surface area contributed by atoms with Crippen LogP contribution in [0.15, 0.2) is 29.3 Å². The summed E-state index contributed by atoms with van der Waals surface area (Å²) in [5, 5.41) is 3.65. The Labute approximate surface area is 223 Å². The van der Waals surface area contributed by atoms with E-state index in [4.69, 9.17) is 14.7 Å². The zero-order valence-electron chi connectivity index (χ0n) is 22.9. The highest BCUT2D eigenvalue weighted by molar-refractivity contribution is 8.03. The average molecular weight is 539 g/mol. The quantitative estimate of drug-likeness (QED) is 0.138. The Morgan fingerprint density at radius 3 is 2.24 bits per heavy atom. The number of thioether (sulfide) groups is 1. The van der Waals surface area contributed by atoms with Gasteiger partial charge in [0.05, 0.1) is 5.69 Å². The molecule has 2 aromatic rings. The number of carbonyl (C=O) groups excluding carboxylic acids is 1. The van der Waals surface area contributed by atoms with Crippen LogP contribution in [-0.2, 0) is 9.53 Å². The molecule has 1 atom stereocenters. The van der Waals surface area contributed by atoms with Crippen molar-refractivity contribution >= 4 is 17.7 Å². The fourth-order valence-corrected chi connectivity index (χ4v) is 3.98. The van der Waals surface area contributed by atoms with E-state index in [-0.39, 0.29) is 17.6 Å². The molecule has 1 unspecified atom stereocenters. The first-order valence-corrected chi connectivity index (χ1v) is 13.2. The van der Waals surface area contributed by atoms with Gasteiger partial charge in [0.25, 0.3) is 0 Å². The third-order valence-corrected chi connectivity index (χ3v) is 5.84. The van der Waals surface area contributed by atoms with Gasteiger partial charge in [-0.3, -0.25) is 4.79 Å². The Kier molecular flexibility index (Phi) is 13.0. The number of nitrogens with zero attached hydrogens (tertiary/aromatic N) is 2. The van der Waals surface area contributed by atoms with Gasteiger partial charge in [-0.1, -0.05) is 26.7 Å². The van der Waals surface area contributed by atoms with Crippen LogP contribution < -0.4 is 4.74 Å². The first-order valence-electron chi connectivity index (χ1n) is 12.4. The number of ether oxygens (including phenoxy) is 2. The fraction of sp³-hybridized carbons (Fsp3) is 0.536. The number of rotatable bonds is 9. The van der Waals surface area contributed by atoms with Gasteiger partial charge in [-0.2, -0.15) is 0 Å². The number of alkyl halides is 3. The lowest BCUT2D eigenvalue weighted by molar-refractivity contribution is -0.274. The van der Waals surface area contributed by atoms with E-state index < -0.39 is 12.0 Å². The summed E-state index contributed by atoms with van der Waals surface area (Å²) in [5.41, 5.74) is 1.54. The Morgan fingerprint density at radius 1 is 1.11 bits per heavy atom. The smallest absolute Gasteiger partial charge is 0.460 e. The SMILES string of the molecule is CC.CC#CSc1nc(C(CC)CCCC(=O)OC(C)(C)C)nc(-c2ccc(OC(F)(F)F)cc2)c1C. The summed E-state index contributed by atoms with van der Waals surface area (Å²) < 4.78 is 46.9. The number of hydrogen-bond donors (Lipinski definition) is 0. The third-order valence-electron chi connectivity index (χ3n) is 4.94. The summed E-state index contributed by atoms with van der Waals surface area (Å²) >= 11 is 1.28. The predicted molar refractivity (Wildman–Crippen MR) is 142 cm³/mol. The molecule has 0 aliphatic heterocycles. The molecule has 1 heterocycles. The molecule has 0 saturated heterocycles. The van der Waals surface area contributed by atoms with Crippen LogP contribution in [0.2, 0.25) is 0 Å². The second-order valence-corrected chi connectivity index (χ2v) is 9.77. The molecule has 5 nitrogen and oxygen atoms in total. The van der Waals surface area contributed by atoms with E-state index in [2.05, 4.69) is 15.9 Å². The minimum absolute atomic E-state index is 0.00133. The van der Waals surface area contributed by atoms with E-state index in [0.717, 1.165) is 12.0 Å². The molecule has 0 aliphatic rings. The molecule has 2 rings (SSSR count). The van der Waals surface area contributed by atoms with Crippen molar-refractivity contribution in [2.45, 2.75) is 104 Å². The number of esters is 1. The van der Waals surface area contributed by atoms with Gasteiger partial charge < -0.3 is 9.47 Å². The zero-order valence-corrected chi connectivity index (χ0v) is 23.7. The van der Waals surface area contributed by atoms with E-state index in [1.807, 2.05) is 48.5 Å². The van der Waals surface area contributed by atoms with Gasteiger partial charge in [0.2, 0.25) is 0 Å². The van der Waals surface area contributed by atoms with Crippen LogP contribution in [0, 0.1) is 18.1 Å². The Hall–Kier alpha value is -2.73. The number of hydrogen-bond acceptors (Lipinski definition) is 6. The lowest BCUT2D eigenvalue weighted by Crippen LogP contribution is -2.23. The van der Waals surface area contributed by atoms with Crippen LogP contribution in [0.3, 0.4) is 0 Å². The molecule has 37 heavy (non-hydrogen) atoms. The Bertz CT molecular complexity index is 1070. The maximum atomic E-state index is 12.5. The minimum atomic E-state index is -4.75. The summed E-state index contributed by atoms with van der Waals surface area (Å²) in [6.07, 6.45) is -2.37. The molecule has 0 N–H and O–H groups in total. The monoisotopic (exact) mass is 538 g/mol. The van der Waals surface area contributed by atoms with Gasteiger partial charge in [0.1, 0.15) is 22.2 Å². The van der Waals surface area contributed by atoms with Crippen LogP contribution in [-0.4, -0.2) is 27.9 Å². The molecule has 9 heteroatoms. The van der Waals surface area contributed by atoms with Crippen LogP contribution >= 0.6 is 11.8 Å². The Morgan fingerprint density at radius 2 is 1.73 bits per heavy atom. The number of carbonyl (C=O) groups is 1. The normalized spacial score (nSPS) is 12.0. The summed E-state index contributed by atoms with van der Waals surface area (Å²) in [7, 11) is 0. The van der Waals surface area contributed by atoms with Crippen LogP contribution in [0.4, 0.5) is 13.2 Å². The maximum absolute atomic E-state index is 12.5. The van der Waals surface area contributed by atoms with Crippen molar-refractivity contribution in [3.05, 3.63) is 35.7 Å². The molecule has 0 bridgehead atoms. The van der Waals surface area contributed by atoms with E-state index in [1.165, 1.54) is 23.9 Å². The van der Waals surface area contributed by atoms with Crippen molar-refractivity contribution in [2.24, 2.45) is 0 Å². The van der Waals surface area contributed by atoms with Crippen LogP contribution in [0.5, 0.6) is 5.75 Å². The average Bonchev–Trinajstić information content (AvgIpc) is 2.81. The molecule has 204 valence electrons. The van der Waals surface area contributed by atoms with Crippen LogP contribution in [0.25, 0.3) is 11.3 Å². The van der Waals surface area contributed by atoms with Crippen molar-refractivity contribution < 1.29 is 27.4 Å². The highest BCUT2D eigenvalue weighted by atomic mass is 32.2. The van der Waals surface area contributed by atoms with Gasteiger partial charge in [-0.05, 0) is 95.2 Å². The van der Waals surface area contributed by atoms with E-state index in [1.54, 1.807) is 19.1 Å². The van der Waals surface area contributed by atoms with E-state index >= 15 is 0 Å². The molecule has 1 aromatic carbocycles. The molecule has 0 spiro atoms. The molecular formula is C28H37F3N2O3S. The van der Waals surface area contributed by atoms with Gasteiger partial charge in [0.15, 0.2) is 0 Å². The van der Waals surface area contributed by atoms with Crippen molar-refractivity contribution in [3.8, 4) is 28.2 Å². The molecule has 0 saturated carbocycles. The van der Waals surface area contributed by atoms with Crippen molar-refractivity contribution in [3.63, 3.8) is 0 Å². The van der Waals surface area contributed by atoms with Crippen LogP contribution in [0.1, 0.15) is 91.5 Å². The third kappa shape index (κ3) is 11.5. The second kappa shape index (κ2) is 14.9. The first kappa shape index (κ1) is 32.3. The molecular weight excluding hydrogens is 501 g/mol. The molecule has 0 amide bonds. The van der Waals surface area contributed by atoms with E-state index in [9.17, 15) is 18.0 Å². The topological polar surface area (TPSA) is 61.3 Å². The van der Waals surface area contributed by atoms with Crippen molar-refractivity contribution in [1.29, 1.82) is 0 Å². The summed E-state index contributed by atoms with van der Waals surface area (Å²) in [5.74, 6) is 2.92. The molecule has 0 aliphatic carbocycles. The van der Waals surface area contributed by atoms with Gasteiger partial charge in [-0.15, -0.1) is 13.2 Å². The number of benzene rings is 1. The van der Waals surface area contributed by atoms with Gasteiger partial charge in [-0.25, -0.2) is 9.97 Å². The molecule has 0 radical (unpaired) electrons. The molecule has 1 aromatic heterocycles. The van der Waals surface area contributed by atoms with E-state index in [0.29, 0.717) is 41.4 Å². The largest absolute Gasteiger partial charge is 0.573 e. The van der Waals surface area contributed by atoms with Crippen molar-refractivity contribution in [1.82, 2.24) is 9.97 Å². The summed E-state index contributed by atoms with van der Waals surface area (Å²) in [4.78, 5) is 21.6. The number of halogens is 3. The lowest BCUT2D eigenvalue weighted by atomic mass is 9.97. The van der Waals surface area contributed by atoms with Gasteiger partial charge in [0, 0.05) is 23.5 Å². The van der Waals surface area contributed by atoms with Crippen molar-refractivity contribution in [2.75, 3.05) is 0 Å². The summed E-state index contributed by atoms with van der Waals surface area (Å²) in [6, 6.07) is 5.62.